The van der Waals surface area contributed by atoms with Crippen molar-refractivity contribution in [2.24, 2.45) is 0 Å². The van der Waals surface area contributed by atoms with Crippen molar-refractivity contribution in [3.63, 3.8) is 0 Å². The third kappa shape index (κ3) is 4.30. The van der Waals surface area contributed by atoms with Crippen LogP contribution in [0, 0.1) is 0 Å². The molecule has 1 N–H and O–H groups in total. The van der Waals surface area contributed by atoms with E-state index in [4.69, 9.17) is 9.47 Å². The fourth-order valence-corrected chi connectivity index (χ4v) is 3.08. The van der Waals surface area contributed by atoms with E-state index in [1.165, 1.54) is 13.2 Å². The molecule has 0 radical (unpaired) electrons. The van der Waals surface area contributed by atoms with Crippen molar-refractivity contribution >= 4 is 29.6 Å². The van der Waals surface area contributed by atoms with Crippen LogP contribution in [0.25, 0.3) is 6.08 Å². The molecule has 0 aromatic heterocycles. The van der Waals surface area contributed by atoms with Crippen molar-refractivity contribution in [1.29, 1.82) is 0 Å². The molecular weight excluding hydrogens is 396 g/mol. The number of urea groups is 1. The highest BCUT2D eigenvalue weighted by atomic mass is 16.5. The number of barbiturate groups is 1. The molecule has 3 aromatic rings. The summed E-state index contributed by atoms with van der Waals surface area (Å²) in [5.74, 6) is 0.320. The van der Waals surface area contributed by atoms with Crippen LogP contribution in [0.4, 0.5) is 10.5 Å². The number of hydrogen-bond donors (Lipinski definition) is 1. The van der Waals surface area contributed by atoms with E-state index < -0.39 is 17.8 Å². The van der Waals surface area contributed by atoms with Gasteiger partial charge in [-0.3, -0.25) is 14.9 Å². The number of imide groups is 2. The van der Waals surface area contributed by atoms with Crippen LogP contribution in [0.1, 0.15) is 5.56 Å². The first-order chi connectivity index (χ1) is 15.0. The Hall–Kier alpha value is -4.39. The third-order valence-electron chi connectivity index (χ3n) is 4.58. The molecule has 4 rings (SSSR count). The number of benzene rings is 3. The summed E-state index contributed by atoms with van der Waals surface area (Å²) >= 11 is 0. The SMILES string of the molecule is COc1ccc(N2C(=O)NC(=O)C(=Cc3cccc(Oc4ccccc4)c3)C2=O)cc1. The van der Waals surface area contributed by atoms with E-state index in [2.05, 4.69) is 5.32 Å². The lowest BCUT2D eigenvalue weighted by molar-refractivity contribution is -0.122. The maximum atomic E-state index is 13.0. The van der Waals surface area contributed by atoms with Gasteiger partial charge in [0.1, 0.15) is 22.8 Å². The number of ether oxygens (including phenoxy) is 2. The molecule has 7 heteroatoms. The predicted molar refractivity (Wildman–Crippen MR) is 115 cm³/mol. The summed E-state index contributed by atoms with van der Waals surface area (Å²) in [7, 11) is 1.52. The lowest BCUT2D eigenvalue weighted by Crippen LogP contribution is -2.54. The second-order valence-electron chi connectivity index (χ2n) is 6.64. The van der Waals surface area contributed by atoms with Gasteiger partial charge in [-0.05, 0) is 60.2 Å². The van der Waals surface area contributed by atoms with E-state index in [-0.39, 0.29) is 5.57 Å². The molecule has 3 aromatic carbocycles. The molecule has 1 saturated heterocycles. The highest BCUT2D eigenvalue weighted by Crippen LogP contribution is 2.26. The minimum absolute atomic E-state index is 0.160. The third-order valence-corrected chi connectivity index (χ3v) is 4.58. The zero-order chi connectivity index (χ0) is 21.8. The Morgan fingerprint density at radius 1 is 0.806 bits per heavy atom. The fourth-order valence-electron chi connectivity index (χ4n) is 3.08. The minimum atomic E-state index is -0.807. The molecule has 154 valence electrons. The molecule has 0 saturated carbocycles. The highest BCUT2D eigenvalue weighted by Gasteiger charge is 2.36. The molecule has 7 nitrogen and oxygen atoms in total. The second-order valence-corrected chi connectivity index (χ2v) is 6.64. The highest BCUT2D eigenvalue weighted by molar-refractivity contribution is 6.39. The van der Waals surface area contributed by atoms with E-state index in [0.717, 1.165) is 4.90 Å². The molecular formula is C24H18N2O5. The molecule has 0 atom stereocenters. The van der Waals surface area contributed by atoms with E-state index in [1.54, 1.807) is 48.5 Å². The summed E-state index contributed by atoms with van der Waals surface area (Å²) in [6.45, 7) is 0. The molecule has 0 aliphatic carbocycles. The van der Waals surface area contributed by atoms with Gasteiger partial charge in [0, 0.05) is 0 Å². The Bertz CT molecular complexity index is 1170. The number of nitrogens with one attached hydrogen (secondary N) is 1. The maximum Gasteiger partial charge on any atom is 0.335 e. The molecule has 1 aliphatic heterocycles. The van der Waals surface area contributed by atoms with Crippen LogP contribution in [0.2, 0.25) is 0 Å². The first kappa shape index (κ1) is 19.9. The van der Waals surface area contributed by atoms with Gasteiger partial charge in [-0.1, -0.05) is 30.3 Å². The molecule has 4 amide bonds. The van der Waals surface area contributed by atoms with Crippen LogP contribution in [-0.4, -0.2) is 25.0 Å². The molecule has 0 bridgehead atoms. The summed E-state index contributed by atoms with van der Waals surface area (Å²) in [5, 5.41) is 2.21. The van der Waals surface area contributed by atoms with Gasteiger partial charge in [-0.25, -0.2) is 9.69 Å². The number of nitrogens with zero attached hydrogens (tertiary/aromatic N) is 1. The van der Waals surface area contributed by atoms with Gasteiger partial charge in [0.25, 0.3) is 11.8 Å². The van der Waals surface area contributed by atoms with Crippen molar-refractivity contribution in [2.45, 2.75) is 0 Å². The summed E-state index contributed by atoms with van der Waals surface area (Å²) in [6.07, 6.45) is 1.43. The summed E-state index contributed by atoms with van der Waals surface area (Å²) in [6, 6.07) is 21.8. The summed E-state index contributed by atoms with van der Waals surface area (Å²) in [5.41, 5.74) is 0.742. The number of carbonyl (C=O) groups is 3. The van der Waals surface area contributed by atoms with Crippen molar-refractivity contribution in [3.05, 3.63) is 90.0 Å². The monoisotopic (exact) mass is 414 g/mol. The van der Waals surface area contributed by atoms with Crippen molar-refractivity contribution in [2.75, 3.05) is 12.0 Å². The average Bonchev–Trinajstić information content (AvgIpc) is 2.78. The second kappa shape index (κ2) is 8.54. The van der Waals surface area contributed by atoms with E-state index in [9.17, 15) is 14.4 Å². The first-order valence-electron chi connectivity index (χ1n) is 9.43. The Labute approximate surface area is 178 Å². The summed E-state index contributed by atoms with van der Waals surface area (Å²) < 4.78 is 10.9. The number of amides is 4. The van der Waals surface area contributed by atoms with Crippen molar-refractivity contribution < 1.29 is 23.9 Å². The van der Waals surface area contributed by atoms with Gasteiger partial charge < -0.3 is 9.47 Å². The van der Waals surface area contributed by atoms with Crippen molar-refractivity contribution in [1.82, 2.24) is 5.32 Å². The van der Waals surface area contributed by atoms with Crippen LogP contribution in [0.3, 0.4) is 0 Å². The smallest absolute Gasteiger partial charge is 0.335 e. The van der Waals surface area contributed by atoms with Crippen LogP contribution in [0.5, 0.6) is 17.2 Å². The van der Waals surface area contributed by atoms with Gasteiger partial charge >= 0.3 is 6.03 Å². The Balaban J connectivity index is 1.63. The standard InChI is InChI=1S/C24H18N2O5/c1-30-18-12-10-17(11-13-18)26-23(28)21(22(27)25-24(26)29)15-16-6-5-9-20(14-16)31-19-7-3-2-4-8-19/h2-15H,1H3,(H,25,27,29). The average molecular weight is 414 g/mol. The normalized spacial score (nSPS) is 15.1. The summed E-state index contributed by atoms with van der Waals surface area (Å²) in [4.78, 5) is 38.6. The molecule has 31 heavy (non-hydrogen) atoms. The van der Waals surface area contributed by atoms with E-state index in [1.807, 2.05) is 30.3 Å². The zero-order valence-electron chi connectivity index (χ0n) is 16.6. The van der Waals surface area contributed by atoms with Crippen molar-refractivity contribution in [3.8, 4) is 17.2 Å². The molecule has 0 unspecified atom stereocenters. The Kier molecular flexibility index (Phi) is 5.49. The van der Waals surface area contributed by atoms with Crippen LogP contribution in [0.15, 0.2) is 84.4 Å². The van der Waals surface area contributed by atoms with Gasteiger partial charge in [0.2, 0.25) is 0 Å². The van der Waals surface area contributed by atoms with Gasteiger partial charge in [-0.2, -0.15) is 0 Å². The lowest BCUT2D eigenvalue weighted by atomic mass is 10.1. The largest absolute Gasteiger partial charge is 0.497 e. The Morgan fingerprint density at radius 3 is 2.23 bits per heavy atom. The number of para-hydroxylation sites is 1. The van der Waals surface area contributed by atoms with Crippen LogP contribution < -0.4 is 19.7 Å². The van der Waals surface area contributed by atoms with Gasteiger partial charge in [0.15, 0.2) is 0 Å². The lowest BCUT2D eigenvalue weighted by Gasteiger charge is -2.26. The molecule has 1 aliphatic rings. The molecule has 0 spiro atoms. The predicted octanol–water partition coefficient (Wildman–Crippen LogP) is 4.15. The quantitative estimate of drug-likeness (QED) is 0.501. The number of rotatable bonds is 5. The van der Waals surface area contributed by atoms with Crippen LogP contribution in [-0.2, 0) is 9.59 Å². The van der Waals surface area contributed by atoms with E-state index >= 15 is 0 Å². The molecule has 1 fully saturated rings. The number of hydrogen-bond acceptors (Lipinski definition) is 5. The van der Waals surface area contributed by atoms with Gasteiger partial charge in [0.05, 0.1) is 12.8 Å². The number of methoxy groups -OCH3 is 1. The van der Waals surface area contributed by atoms with Gasteiger partial charge in [-0.15, -0.1) is 0 Å². The minimum Gasteiger partial charge on any atom is -0.497 e. The number of carbonyl (C=O) groups excluding carboxylic acids is 3. The molecule has 1 heterocycles. The van der Waals surface area contributed by atoms with Crippen LogP contribution >= 0.6 is 0 Å². The number of anilines is 1. The zero-order valence-corrected chi connectivity index (χ0v) is 16.6. The maximum absolute atomic E-state index is 13.0. The fraction of sp³-hybridized carbons (Fsp3) is 0.0417. The Morgan fingerprint density at radius 2 is 1.52 bits per heavy atom. The first-order valence-corrected chi connectivity index (χ1v) is 9.43. The van der Waals surface area contributed by atoms with E-state index in [0.29, 0.717) is 28.5 Å². The topological polar surface area (TPSA) is 84.9 Å².